The second-order valence-electron chi connectivity index (χ2n) is 9.65. The molecule has 172 valence electrons. The number of hydrogen-bond donors (Lipinski definition) is 0. The van der Waals surface area contributed by atoms with E-state index in [4.69, 9.17) is 0 Å². The number of rotatable bonds is 2. The summed E-state index contributed by atoms with van der Waals surface area (Å²) < 4.78 is 2.70. The van der Waals surface area contributed by atoms with Gasteiger partial charge in [0.15, 0.2) is 0 Å². The van der Waals surface area contributed by atoms with Crippen molar-refractivity contribution in [2.45, 2.75) is 0 Å². The standard InChI is InChI=1S/C36H22S/c1-2-12-24(13-3-1)33-26-15-6-8-17-28(26)34(29-18-9-7-16-27(29)33)30-19-10-20-31-35-25-14-5-4-11-23(25)21-22-32(35)37-36(30)31/h1-22H. The minimum Gasteiger partial charge on any atom is -0.135 e. The first-order valence-electron chi connectivity index (χ1n) is 12.7. The fourth-order valence-electron chi connectivity index (χ4n) is 6.10. The Kier molecular flexibility index (Phi) is 4.49. The predicted octanol–water partition coefficient (Wildman–Crippen LogP) is 10.8. The summed E-state index contributed by atoms with van der Waals surface area (Å²) in [6, 6.07) is 48.8. The molecule has 0 fully saturated rings. The molecule has 0 N–H and O–H groups in total. The second-order valence-corrected chi connectivity index (χ2v) is 10.7. The molecule has 1 aromatic heterocycles. The second kappa shape index (κ2) is 8.03. The van der Waals surface area contributed by atoms with Gasteiger partial charge in [0.2, 0.25) is 0 Å². The normalized spacial score (nSPS) is 11.8. The first kappa shape index (κ1) is 20.7. The number of benzene rings is 7. The highest BCUT2D eigenvalue weighted by atomic mass is 32.1. The first-order valence-corrected chi connectivity index (χ1v) is 13.5. The van der Waals surface area contributed by atoms with E-state index in [1.165, 1.54) is 74.7 Å². The van der Waals surface area contributed by atoms with Crippen LogP contribution < -0.4 is 0 Å². The van der Waals surface area contributed by atoms with E-state index in [-0.39, 0.29) is 0 Å². The summed E-state index contributed by atoms with van der Waals surface area (Å²) in [5, 5.41) is 10.5. The molecular weight excluding hydrogens is 464 g/mol. The highest BCUT2D eigenvalue weighted by molar-refractivity contribution is 7.26. The lowest BCUT2D eigenvalue weighted by Gasteiger charge is -2.18. The highest BCUT2D eigenvalue weighted by Gasteiger charge is 2.19. The zero-order chi connectivity index (χ0) is 24.3. The summed E-state index contributed by atoms with van der Waals surface area (Å²) in [5.41, 5.74) is 5.21. The molecule has 0 aliphatic carbocycles. The molecule has 0 aliphatic heterocycles. The Bertz CT molecular complexity index is 2070. The molecule has 0 saturated carbocycles. The molecule has 37 heavy (non-hydrogen) atoms. The summed E-state index contributed by atoms with van der Waals surface area (Å²) >= 11 is 1.92. The van der Waals surface area contributed by atoms with Crippen LogP contribution in [0.4, 0.5) is 0 Å². The molecule has 8 rings (SSSR count). The van der Waals surface area contributed by atoms with Crippen LogP contribution in [0.1, 0.15) is 0 Å². The Balaban J connectivity index is 1.56. The fraction of sp³-hybridized carbons (Fsp3) is 0. The van der Waals surface area contributed by atoms with Crippen LogP contribution >= 0.6 is 11.3 Å². The van der Waals surface area contributed by atoms with Crippen molar-refractivity contribution in [3.63, 3.8) is 0 Å². The van der Waals surface area contributed by atoms with Crippen molar-refractivity contribution in [2.75, 3.05) is 0 Å². The van der Waals surface area contributed by atoms with Crippen molar-refractivity contribution < 1.29 is 0 Å². The van der Waals surface area contributed by atoms with Crippen LogP contribution in [-0.2, 0) is 0 Å². The summed E-state index contributed by atoms with van der Waals surface area (Å²) in [6.07, 6.45) is 0. The van der Waals surface area contributed by atoms with Crippen molar-refractivity contribution in [1.29, 1.82) is 0 Å². The minimum absolute atomic E-state index is 1.26. The molecule has 0 spiro atoms. The van der Waals surface area contributed by atoms with E-state index in [1.54, 1.807) is 0 Å². The van der Waals surface area contributed by atoms with Crippen LogP contribution in [0.25, 0.3) is 74.7 Å². The van der Waals surface area contributed by atoms with Gasteiger partial charge in [0.05, 0.1) is 0 Å². The van der Waals surface area contributed by atoms with Crippen molar-refractivity contribution in [1.82, 2.24) is 0 Å². The van der Waals surface area contributed by atoms with Gasteiger partial charge in [0.1, 0.15) is 0 Å². The Morgan fingerprint density at radius 1 is 0.378 bits per heavy atom. The van der Waals surface area contributed by atoms with Gasteiger partial charge < -0.3 is 0 Å². The lowest BCUT2D eigenvalue weighted by atomic mass is 9.85. The quantitative estimate of drug-likeness (QED) is 0.213. The molecule has 0 saturated heterocycles. The molecule has 1 heterocycles. The average Bonchev–Trinajstić information content (AvgIpc) is 3.36. The maximum atomic E-state index is 2.32. The lowest BCUT2D eigenvalue weighted by molar-refractivity contribution is 1.67. The van der Waals surface area contributed by atoms with E-state index in [1.807, 2.05) is 11.3 Å². The van der Waals surface area contributed by atoms with Crippen molar-refractivity contribution >= 4 is 63.8 Å². The van der Waals surface area contributed by atoms with Crippen LogP contribution in [0, 0.1) is 0 Å². The third-order valence-electron chi connectivity index (χ3n) is 7.65. The Labute approximate surface area is 219 Å². The summed E-state index contributed by atoms with van der Waals surface area (Å²) in [6.45, 7) is 0. The van der Waals surface area contributed by atoms with Crippen molar-refractivity contribution in [2.24, 2.45) is 0 Å². The smallest absolute Gasteiger partial charge is 0.0434 e. The van der Waals surface area contributed by atoms with Crippen LogP contribution in [0.2, 0.25) is 0 Å². The SMILES string of the molecule is c1ccc(-c2c3ccccc3c(-c3cccc4c3sc3ccc5ccccc5c34)c3ccccc23)cc1. The Hall–Kier alpha value is -4.46. The summed E-state index contributed by atoms with van der Waals surface area (Å²) in [7, 11) is 0. The van der Waals surface area contributed by atoms with Gasteiger partial charge in [-0.2, -0.15) is 0 Å². The molecule has 1 heteroatoms. The van der Waals surface area contributed by atoms with Crippen LogP contribution in [0.3, 0.4) is 0 Å². The van der Waals surface area contributed by atoms with E-state index in [0.29, 0.717) is 0 Å². The van der Waals surface area contributed by atoms with Gasteiger partial charge >= 0.3 is 0 Å². The van der Waals surface area contributed by atoms with Gasteiger partial charge in [-0.3, -0.25) is 0 Å². The average molecular weight is 487 g/mol. The summed E-state index contributed by atoms with van der Waals surface area (Å²) in [5.74, 6) is 0. The number of thiophene rings is 1. The van der Waals surface area contributed by atoms with Crippen LogP contribution in [0.15, 0.2) is 133 Å². The van der Waals surface area contributed by atoms with E-state index >= 15 is 0 Å². The molecule has 0 nitrogen and oxygen atoms in total. The van der Waals surface area contributed by atoms with Crippen molar-refractivity contribution in [3.8, 4) is 22.3 Å². The van der Waals surface area contributed by atoms with Crippen molar-refractivity contribution in [3.05, 3.63) is 133 Å². The first-order chi connectivity index (χ1) is 18.4. The van der Waals surface area contributed by atoms with Gasteiger partial charge in [0.25, 0.3) is 0 Å². The molecule has 0 bridgehead atoms. The summed E-state index contributed by atoms with van der Waals surface area (Å²) in [4.78, 5) is 0. The van der Waals surface area contributed by atoms with E-state index in [9.17, 15) is 0 Å². The predicted molar refractivity (Wildman–Crippen MR) is 163 cm³/mol. The van der Waals surface area contributed by atoms with E-state index in [2.05, 4.69) is 133 Å². The molecule has 0 amide bonds. The maximum absolute atomic E-state index is 2.32. The zero-order valence-corrected chi connectivity index (χ0v) is 20.9. The molecule has 7 aromatic carbocycles. The van der Waals surface area contributed by atoms with Crippen LogP contribution in [-0.4, -0.2) is 0 Å². The third-order valence-corrected chi connectivity index (χ3v) is 8.85. The van der Waals surface area contributed by atoms with E-state index in [0.717, 1.165) is 0 Å². The number of fused-ring (bicyclic) bond motifs is 7. The minimum atomic E-state index is 1.26. The Morgan fingerprint density at radius 2 is 0.946 bits per heavy atom. The topological polar surface area (TPSA) is 0 Å². The van der Waals surface area contributed by atoms with Gasteiger partial charge in [-0.05, 0) is 55.1 Å². The molecular formula is C36H22S. The molecule has 0 aliphatic rings. The van der Waals surface area contributed by atoms with Gasteiger partial charge in [-0.25, -0.2) is 0 Å². The van der Waals surface area contributed by atoms with Crippen LogP contribution in [0.5, 0.6) is 0 Å². The molecule has 8 aromatic rings. The van der Waals surface area contributed by atoms with Gasteiger partial charge in [-0.1, -0.05) is 127 Å². The van der Waals surface area contributed by atoms with Gasteiger partial charge in [-0.15, -0.1) is 11.3 Å². The largest absolute Gasteiger partial charge is 0.135 e. The third kappa shape index (κ3) is 3.02. The lowest BCUT2D eigenvalue weighted by Crippen LogP contribution is -1.90. The molecule has 0 atom stereocenters. The zero-order valence-electron chi connectivity index (χ0n) is 20.1. The monoisotopic (exact) mass is 486 g/mol. The van der Waals surface area contributed by atoms with E-state index < -0.39 is 0 Å². The highest BCUT2D eigenvalue weighted by Crippen LogP contribution is 2.48. The molecule has 0 unspecified atom stereocenters. The van der Waals surface area contributed by atoms with Gasteiger partial charge in [0, 0.05) is 25.7 Å². The maximum Gasteiger partial charge on any atom is 0.0434 e. The number of hydrogen-bond acceptors (Lipinski definition) is 1. The molecule has 0 radical (unpaired) electrons. The Morgan fingerprint density at radius 3 is 1.65 bits per heavy atom. The fourth-order valence-corrected chi connectivity index (χ4v) is 7.34.